The van der Waals surface area contributed by atoms with Crippen molar-refractivity contribution in [2.24, 2.45) is 16.2 Å². The molecule has 1 radical (unpaired) electrons. The van der Waals surface area contributed by atoms with Crippen LogP contribution in [-0.2, 0) is 39.5 Å². The quantitative estimate of drug-likeness (QED) is 0.448. The van der Waals surface area contributed by atoms with Crippen LogP contribution in [0.25, 0.3) is 0 Å². The van der Waals surface area contributed by atoms with Gasteiger partial charge in [0, 0.05) is 27.5 Å². The number of hydrogen-bond donors (Lipinski definition) is 1. The van der Waals surface area contributed by atoms with E-state index in [1.807, 2.05) is 41.5 Å². The zero-order valence-electron chi connectivity index (χ0n) is 17.4. The van der Waals surface area contributed by atoms with Crippen LogP contribution in [0, 0.1) is 16.2 Å². The fourth-order valence-corrected chi connectivity index (χ4v) is 1.19. The zero-order valence-corrected chi connectivity index (χ0v) is 20.1. The molecule has 5 nitrogen and oxygen atoms in total. The van der Waals surface area contributed by atoms with Gasteiger partial charge in [-0.2, -0.15) is 0 Å². The van der Waals surface area contributed by atoms with Crippen LogP contribution in [-0.4, -0.2) is 37.9 Å². The van der Waals surface area contributed by atoms with Crippen LogP contribution in [0.2, 0.25) is 0 Å². The van der Waals surface area contributed by atoms with Crippen molar-refractivity contribution in [3.63, 3.8) is 0 Å². The van der Waals surface area contributed by atoms with Crippen molar-refractivity contribution in [1.82, 2.24) is 0 Å². The maximum Gasteiger partial charge on any atom is 0.310 e. The molecule has 0 aliphatic carbocycles. The van der Waals surface area contributed by atoms with E-state index in [2.05, 4.69) is 25.5 Å². The standard InChI is InChI=1S/2C6H12O2.C6H14O.2CH4.Re/c1-6(2,3)5(7)8-4;1-6(2,3)4-5(7)8;1-6(2,3)5-7-4;;;/h1-4H3;4H2,1-3H3,(H,7,8);5H2,1-4H3;2*1H4;. The average Bonchev–Trinajstić information content (AvgIpc) is 2.23. The van der Waals surface area contributed by atoms with Gasteiger partial charge in [0.15, 0.2) is 0 Å². The Kier molecular flexibility index (Phi) is 27.8. The number of carbonyl (C=O) groups is 2. The van der Waals surface area contributed by atoms with E-state index in [1.54, 1.807) is 7.11 Å². The van der Waals surface area contributed by atoms with Crippen molar-refractivity contribution >= 4 is 11.9 Å². The summed E-state index contributed by atoms with van der Waals surface area (Å²) in [6.45, 7) is 18.5. The number of methoxy groups -OCH3 is 2. The predicted molar refractivity (Wildman–Crippen MR) is 108 cm³/mol. The molecule has 0 heterocycles. The number of carbonyl (C=O) groups excluding carboxylic acids is 1. The van der Waals surface area contributed by atoms with E-state index < -0.39 is 5.97 Å². The van der Waals surface area contributed by atoms with Crippen molar-refractivity contribution in [2.75, 3.05) is 20.8 Å². The largest absolute Gasteiger partial charge is 0.481 e. The van der Waals surface area contributed by atoms with E-state index >= 15 is 0 Å². The normalized spacial score (nSPS) is 10.1. The Morgan fingerprint density at radius 1 is 0.808 bits per heavy atom. The second kappa shape index (κ2) is 18.0. The van der Waals surface area contributed by atoms with Crippen molar-refractivity contribution in [3.05, 3.63) is 0 Å². The minimum Gasteiger partial charge on any atom is -0.481 e. The second-order valence-electron chi connectivity index (χ2n) is 8.87. The van der Waals surface area contributed by atoms with Crippen molar-refractivity contribution in [3.8, 4) is 0 Å². The van der Waals surface area contributed by atoms with Gasteiger partial charge in [-0.1, -0.05) is 56.4 Å². The molecule has 0 spiro atoms. The van der Waals surface area contributed by atoms with Crippen LogP contribution in [0.3, 0.4) is 0 Å². The number of carboxylic acids is 1. The molecule has 0 atom stereocenters. The molecule has 0 aromatic heterocycles. The molecule has 163 valence electrons. The van der Waals surface area contributed by atoms with Crippen LogP contribution in [0.1, 0.15) is 83.6 Å². The second-order valence-corrected chi connectivity index (χ2v) is 8.87. The molecule has 0 aliphatic rings. The summed E-state index contributed by atoms with van der Waals surface area (Å²) in [7, 11) is 3.12. The molecule has 0 aromatic rings. The van der Waals surface area contributed by atoms with E-state index in [0.29, 0.717) is 5.41 Å². The van der Waals surface area contributed by atoms with Gasteiger partial charge in [0.1, 0.15) is 0 Å². The molecule has 0 bridgehead atoms. The number of aliphatic carboxylic acids is 1. The van der Waals surface area contributed by atoms with Gasteiger partial charge in [0.05, 0.1) is 25.6 Å². The molecule has 1 N–H and O–H groups in total. The van der Waals surface area contributed by atoms with Gasteiger partial charge in [0.25, 0.3) is 0 Å². The first-order valence-corrected chi connectivity index (χ1v) is 7.75. The fourth-order valence-electron chi connectivity index (χ4n) is 1.19. The summed E-state index contributed by atoms with van der Waals surface area (Å²) in [5.41, 5.74) is -0.102. The van der Waals surface area contributed by atoms with Crippen molar-refractivity contribution < 1.29 is 44.6 Å². The number of ether oxygens (including phenoxy) is 2. The Morgan fingerprint density at radius 3 is 1.15 bits per heavy atom. The Morgan fingerprint density at radius 2 is 1.15 bits per heavy atom. The molecule has 0 aromatic carbocycles. The minimum absolute atomic E-state index is 0. The minimum atomic E-state index is -0.725. The Bertz CT molecular complexity index is 334. The van der Waals surface area contributed by atoms with Gasteiger partial charge in [-0.05, 0) is 31.6 Å². The van der Waals surface area contributed by atoms with Crippen LogP contribution < -0.4 is 0 Å². The maximum absolute atomic E-state index is 10.6. The molecule has 0 amide bonds. The molecular formula is C20H46O5Re. The molecule has 0 aliphatic heterocycles. The van der Waals surface area contributed by atoms with E-state index in [0.717, 1.165) is 6.61 Å². The van der Waals surface area contributed by atoms with Crippen LogP contribution in [0.15, 0.2) is 0 Å². The Hall–Kier alpha value is -0.438. The zero-order chi connectivity index (χ0) is 19.5. The number of esters is 1. The van der Waals surface area contributed by atoms with E-state index in [1.165, 1.54) is 7.11 Å². The summed E-state index contributed by atoms with van der Waals surface area (Å²) in [6.07, 6.45) is 0.243. The summed E-state index contributed by atoms with van der Waals surface area (Å²) in [5, 5.41) is 8.25. The topological polar surface area (TPSA) is 72.8 Å². The van der Waals surface area contributed by atoms with Gasteiger partial charge in [0.2, 0.25) is 0 Å². The van der Waals surface area contributed by atoms with Crippen LogP contribution in [0.4, 0.5) is 0 Å². The molecule has 0 fully saturated rings. The van der Waals surface area contributed by atoms with Crippen LogP contribution in [0.5, 0.6) is 0 Å². The average molecular weight is 553 g/mol. The van der Waals surface area contributed by atoms with E-state index in [4.69, 9.17) is 9.84 Å². The molecule has 0 saturated carbocycles. The fraction of sp³-hybridized carbons (Fsp3) is 0.900. The van der Waals surface area contributed by atoms with E-state index in [-0.39, 0.29) is 58.5 Å². The third kappa shape index (κ3) is 43.7. The van der Waals surface area contributed by atoms with Gasteiger partial charge in [-0.3, -0.25) is 9.59 Å². The summed E-state index contributed by atoms with van der Waals surface area (Å²) in [5.74, 6) is -0.894. The molecule has 0 rings (SSSR count). The van der Waals surface area contributed by atoms with E-state index in [9.17, 15) is 9.59 Å². The maximum atomic E-state index is 10.6. The molecule has 0 unspecified atom stereocenters. The SMILES string of the molecule is C.C.CC(C)(C)CC(=O)O.COC(=O)C(C)(C)C.COCC(C)(C)C.[Re]. The van der Waals surface area contributed by atoms with Gasteiger partial charge < -0.3 is 14.6 Å². The number of hydrogen-bond acceptors (Lipinski definition) is 4. The molecule has 0 saturated heterocycles. The molecular weight excluding hydrogens is 506 g/mol. The summed E-state index contributed by atoms with van der Waals surface area (Å²) in [4.78, 5) is 20.6. The van der Waals surface area contributed by atoms with Gasteiger partial charge in [-0.25, -0.2) is 0 Å². The van der Waals surface area contributed by atoms with Gasteiger partial charge in [-0.15, -0.1) is 0 Å². The van der Waals surface area contributed by atoms with Crippen molar-refractivity contribution in [1.29, 1.82) is 0 Å². The summed E-state index contributed by atoms with van der Waals surface area (Å²) >= 11 is 0. The predicted octanol–water partition coefficient (Wildman–Crippen LogP) is 5.66. The first-order valence-electron chi connectivity index (χ1n) is 7.75. The Balaban J connectivity index is -0.0000000547. The first kappa shape index (κ1) is 40.3. The summed E-state index contributed by atoms with van der Waals surface area (Å²) < 4.78 is 9.38. The first-order chi connectivity index (χ1) is 9.96. The Labute approximate surface area is 177 Å². The van der Waals surface area contributed by atoms with Crippen LogP contribution >= 0.6 is 0 Å². The van der Waals surface area contributed by atoms with Crippen molar-refractivity contribution in [2.45, 2.75) is 83.6 Å². The summed E-state index contributed by atoms with van der Waals surface area (Å²) in [6, 6.07) is 0. The molecule has 6 heteroatoms. The number of carboxylic acid groups (broad SMARTS) is 1. The number of rotatable bonds is 2. The molecule has 26 heavy (non-hydrogen) atoms. The smallest absolute Gasteiger partial charge is 0.310 e. The third-order valence-electron chi connectivity index (χ3n) is 2.06. The third-order valence-corrected chi connectivity index (χ3v) is 2.06. The van der Waals surface area contributed by atoms with Gasteiger partial charge >= 0.3 is 11.9 Å². The monoisotopic (exact) mass is 553 g/mol.